The number of rotatable bonds is 42. The topological polar surface area (TPSA) is 196 Å². The van der Waals surface area contributed by atoms with Gasteiger partial charge in [-0.25, -0.2) is 0 Å². The second kappa shape index (κ2) is 51.7. The van der Waals surface area contributed by atoms with E-state index >= 15 is 0 Å². The molecule has 0 N–H and O–H groups in total. The number of hydrogen-bond acceptors (Lipinski definition) is 18. The van der Waals surface area contributed by atoms with Gasteiger partial charge >= 0.3 is 35.2 Å². The largest absolute Gasteiger partial charge is 0.500 e. The van der Waals surface area contributed by atoms with E-state index in [2.05, 4.69) is 20.8 Å². The highest BCUT2D eigenvalue weighted by Crippen LogP contribution is 2.40. The van der Waals surface area contributed by atoms with Gasteiger partial charge in [-0.2, -0.15) is 0 Å². The molecule has 3 fully saturated rings. The third-order valence-electron chi connectivity index (χ3n) is 14.2. The Morgan fingerprint density at radius 3 is 1.23 bits per heavy atom. The van der Waals surface area contributed by atoms with Crippen molar-refractivity contribution in [2.45, 2.75) is 234 Å². The minimum atomic E-state index is -2.56. The van der Waals surface area contributed by atoms with Gasteiger partial charge in [-0.3, -0.25) is 14.4 Å². The van der Waals surface area contributed by atoms with Crippen LogP contribution in [0.2, 0.25) is 24.2 Å². The van der Waals surface area contributed by atoms with Crippen molar-refractivity contribution in [1.29, 1.82) is 0 Å². The van der Waals surface area contributed by atoms with Gasteiger partial charge in [0.25, 0.3) is 0 Å². The highest BCUT2D eigenvalue weighted by atomic mass is 28.4. The Balaban J connectivity index is -0.000000893. The molecule has 0 aromatic heterocycles. The molecule has 3 aliphatic rings. The van der Waals surface area contributed by atoms with E-state index in [9.17, 15) is 14.4 Å². The fraction of sp³-hybridized carbons (Fsp3) is 0.947. The van der Waals surface area contributed by atoms with E-state index in [1.54, 1.807) is 64.0 Å². The normalized spacial score (nSPS) is 18.2. The lowest BCUT2D eigenvalue weighted by Crippen LogP contribution is -2.46. The molecule has 474 valence electrons. The Morgan fingerprint density at radius 2 is 0.899 bits per heavy atom. The lowest BCUT2D eigenvalue weighted by atomic mass is 9.86. The predicted molar refractivity (Wildman–Crippen MR) is 323 cm³/mol. The van der Waals surface area contributed by atoms with Crippen LogP contribution in [0.3, 0.4) is 0 Å². The molecule has 22 heteroatoms. The maximum Gasteiger partial charge on any atom is 0.500 e. The molecule has 6 unspecified atom stereocenters. The number of hydrogen-bond donors (Lipinski definition) is 0. The van der Waals surface area contributed by atoms with Crippen LogP contribution in [0.1, 0.15) is 192 Å². The first-order valence-corrected chi connectivity index (χ1v) is 37.8. The summed E-state index contributed by atoms with van der Waals surface area (Å²) in [5.41, 5.74) is 0. The van der Waals surface area contributed by atoms with Gasteiger partial charge in [0.1, 0.15) is 23.5 Å². The van der Waals surface area contributed by atoms with Crippen LogP contribution in [0.15, 0.2) is 0 Å². The van der Waals surface area contributed by atoms with Crippen molar-refractivity contribution in [2.75, 3.05) is 104 Å². The van der Waals surface area contributed by atoms with Gasteiger partial charge in [0.05, 0.1) is 25.4 Å². The van der Waals surface area contributed by atoms with Gasteiger partial charge in [0, 0.05) is 152 Å². The van der Waals surface area contributed by atoms with Crippen LogP contribution in [0.4, 0.5) is 0 Å². The number of epoxide rings is 2. The number of ketones is 3. The minimum absolute atomic E-state index is 0.155. The van der Waals surface area contributed by atoms with E-state index in [4.69, 9.17) is 67.3 Å². The second-order valence-corrected chi connectivity index (χ2v) is 32.1. The van der Waals surface area contributed by atoms with Crippen molar-refractivity contribution in [2.24, 2.45) is 17.8 Å². The zero-order valence-corrected chi connectivity index (χ0v) is 58.1. The molecular formula is C57H122O18Si4. The number of carbonyl (C=O) groups is 3. The Labute approximate surface area is 487 Å². The fourth-order valence-electron chi connectivity index (χ4n) is 8.57. The minimum Gasteiger partial charge on any atom is -0.379 e. The van der Waals surface area contributed by atoms with Crippen LogP contribution in [0.5, 0.6) is 0 Å². The predicted octanol–water partition coefficient (Wildman–Crippen LogP) is 12.5. The van der Waals surface area contributed by atoms with Crippen molar-refractivity contribution in [3.05, 3.63) is 0 Å². The number of fused-ring (bicyclic) bond motifs is 1. The summed E-state index contributed by atoms with van der Waals surface area (Å²) in [4.78, 5) is 34.7. The zero-order valence-electron chi connectivity index (χ0n) is 54.1. The lowest BCUT2D eigenvalue weighted by molar-refractivity contribution is -0.123. The molecular weight excluding hydrogens is 1080 g/mol. The van der Waals surface area contributed by atoms with Crippen molar-refractivity contribution >= 4 is 52.6 Å². The third-order valence-corrected chi connectivity index (χ3v) is 26.0. The first-order valence-electron chi connectivity index (χ1n) is 30.1. The number of Topliss-reactive ketones (excluding diaryl/α,β-unsaturated/α-hetero) is 3. The summed E-state index contributed by atoms with van der Waals surface area (Å²) in [6.45, 7) is 26.8. The van der Waals surface area contributed by atoms with Gasteiger partial charge in [-0.05, 0) is 90.9 Å². The van der Waals surface area contributed by atoms with Gasteiger partial charge in [0.2, 0.25) is 0 Å². The fourth-order valence-corrected chi connectivity index (χ4v) is 16.4. The van der Waals surface area contributed by atoms with Crippen molar-refractivity contribution < 1.29 is 81.7 Å². The zero-order chi connectivity index (χ0) is 60.6. The van der Waals surface area contributed by atoms with Gasteiger partial charge in [0.15, 0.2) is 0 Å². The molecule has 0 spiro atoms. The summed E-state index contributed by atoms with van der Waals surface area (Å²) >= 11 is 0. The summed E-state index contributed by atoms with van der Waals surface area (Å²) in [6.07, 6.45) is 19.6. The number of unbranched alkanes of at least 4 members (excludes halogenated alkanes) is 1. The summed E-state index contributed by atoms with van der Waals surface area (Å²) in [6, 6.07) is 3.01. The van der Waals surface area contributed by atoms with E-state index in [0.717, 1.165) is 82.8 Å². The van der Waals surface area contributed by atoms with Gasteiger partial charge in [-0.15, -0.1) is 0 Å². The average Bonchev–Trinajstić information content (AvgIpc) is 4.42. The van der Waals surface area contributed by atoms with Crippen molar-refractivity contribution in [3.8, 4) is 0 Å². The van der Waals surface area contributed by atoms with Crippen LogP contribution in [0, 0.1) is 17.8 Å². The van der Waals surface area contributed by atoms with Gasteiger partial charge in [-0.1, -0.05) is 81.1 Å². The Hall–Kier alpha value is -0.722. The number of carbonyl (C=O) groups excluding carboxylic acids is 3. The third kappa shape index (κ3) is 39.5. The van der Waals surface area contributed by atoms with E-state index in [1.807, 2.05) is 55.4 Å². The molecule has 1 aliphatic carbocycles. The Morgan fingerprint density at radius 1 is 0.481 bits per heavy atom. The maximum absolute atomic E-state index is 11.8. The molecule has 2 heterocycles. The first kappa shape index (κ1) is 82.5. The standard InChI is InChI=1S/C14H30O4Si.C11H24O4Si.C10H22O4Si.C9H16O.C7H14O2.C6H16O3Si/c1-6-13(5)14(15)11-10-12-19(16-7-2,17-8-3)18-9-4;1-6-10(2)11(12)8-7-9-16(13-3,14-4)15-5;1-5-7-10(11)8-6-9-15(12-2,13-3)14-4;1-2-3-7-4-5-8-9(6-7)10-8;1-2-3-4-8-5-7-6-9-7;1-5-6-10(7-2,8-3)9-4/h13H,6-12H2,1-5H3;10H,6-9H2,1-5H3;5-9H2,1-4H3;7-9H,2-6H2,1H3;7H,2-6H2,1H3;5-6H2,1-4H3. The van der Waals surface area contributed by atoms with E-state index in [0.29, 0.717) is 93.3 Å². The SMILES string of the molecule is CCC(C)C(=O)CCC[Si](OC)(OC)OC.CCCC(=O)CCC[Si](OC)(OC)OC.CCCC1CCC2OC2C1.CCCCOCC1CO1.CCC[Si](OC)(OC)OC.CCO[Si](CCCC(=O)C(C)CC)(OCC)OCC. The molecule has 0 aromatic carbocycles. The monoisotopic (exact) mass is 1210 g/mol. The molecule has 79 heavy (non-hydrogen) atoms. The second-order valence-electron chi connectivity index (χ2n) is 20.1. The summed E-state index contributed by atoms with van der Waals surface area (Å²) in [5.74, 6) is 2.26. The van der Waals surface area contributed by atoms with E-state index in [1.165, 1.54) is 44.9 Å². The van der Waals surface area contributed by atoms with Crippen LogP contribution < -0.4 is 0 Å². The summed E-state index contributed by atoms with van der Waals surface area (Å²) in [5, 5.41) is 0. The molecule has 1 saturated carbocycles. The van der Waals surface area contributed by atoms with E-state index < -0.39 is 35.2 Å². The maximum atomic E-state index is 11.8. The highest BCUT2D eigenvalue weighted by Gasteiger charge is 2.44. The van der Waals surface area contributed by atoms with Crippen molar-refractivity contribution in [1.82, 2.24) is 0 Å². The average molecular weight is 1210 g/mol. The smallest absolute Gasteiger partial charge is 0.379 e. The Kier molecular flexibility index (Phi) is 54.0. The van der Waals surface area contributed by atoms with Crippen LogP contribution in [-0.2, 0) is 81.7 Å². The molecule has 2 aliphatic heterocycles. The highest BCUT2D eigenvalue weighted by molar-refractivity contribution is 6.61. The lowest BCUT2D eigenvalue weighted by Gasteiger charge is -2.28. The summed E-state index contributed by atoms with van der Waals surface area (Å²) in [7, 11) is 4.73. The molecule has 6 atom stereocenters. The number of ether oxygens (including phenoxy) is 3. The van der Waals surface area contributed by atoms with Crippen LogP contribution >= 0.6 is 0 Å². The van der Waals surface area contributed by atoms with Crippen molar-refractivity contribution in [3.63, 3.8) is 0 Å². The molecule has 0 amide bonds. The summed E-state index contributed by atoms with van der Waals surface area (Å²) < 4.78 is 80.1. The molecule has 2 saturated heterocycles. The molecule has 3 rings (SSSR count). The molecule has 0 aromatic rings. The molecule has 0 radical (unpaired) electrons. The molecule has 0 bridgehead atoms. The van der Waals surface area contributed by atoms with E-state index in [-0.39, 0.29) is 11.8 Å². The van der Waals surface area contributed by atoms with Crippen LogP contribution in [0.25, 0.3) is 0 Å². The molecule has 18 nitrogen and oxygen atoms in total. The Bertz CT molecular complexity index is 1380. The first-order chi connectivity index (χ1) is 37.8. The van der Waals surface area contributed by atoms with Gasteiger partial charge < -0.3 is 67.3 Å². The quantitative estimate of drug-likeness (QED) is 0.0317. The van der Waals surface area contributed by atoms with Crippen LogP contribution in [-0.4, -0.2) is 175 Å².